The lowest BCUT2D eigenvalue weighted by Crippen LogP contribution is -2.64. The maximum absolute atomic E-state index is 12.8. The predicted molar refractivity (Wildman–Crippen MR) is 215 cm³/mol. The number of aliphatic hydroxyl groups excluding tert-OH is 10. The topological polar surface area (TPSA) is 398 Å². The van der Waals surface area contributed by atoms with E-state index in [1.165, 1.54) is 36.4 Å². The van der Waals surface area contributed by atoms with E-state index >= 15 is 0 Å². The first-order chi connectivity index (χ1) is 31.4. The van der Waals surface area contributed by atoms with E-state index in [0.29, 0.717) is 0 Å². The van der Waals surface area contributed by atoms with Gasteiger partial charge in [-0.15, -0.1) is 0 Å². The summed E-state index contributed by atoms with van der Waals surface area (Å²) in [6, 6.07) is 9.51. The number of hydrogen-bond acceptors (Lipinski definition) is 23. The number of aromatic hydroxyl groups is 6. The standard InChI is InChI=1S/C42H48O24/c43-12-26-30(51)33(54)36(57)40(63-26)61-24-10-17(45)9-23-18(24)11-25(38(60-23)16-3-5-20(47)22(49)8-16)62-42-39(66-41-37(58)34(55)31(52)27(13-44)64-41)35(56)32(53)28(65-42)14-59-29(50)6-2-15-1-4-19(46)21(48)7-15/h1-11,26-28,30-49,51-58H,12-14H2/p+1/b6-2+/t26-,27+,28+,30+,31+,32+,33-,34-,35+,36+,37+,38?,39+,40+,41-,42+/m0/s1. The average molecular weight is 938 g/mol. The maximum atomic E-state index is 12.8. The molecule has 4 heterocycles. The van der Waals surface area contributed by atoms with Gasteiger partial charge in [0.05, 0.1) is 24.8 Å². The van der Waals surface area contributed by atoms with Crippen LogP contribution in [-0.4, -0.2) is 199 Å². The third kappa shape index (κ3) is 10.1. The smallest absolute Gasteiger partial charge is 0.330 e. The summed E-state index contributed by atoms with van der Waals surface area (Å²) in [4.78, 5) is 12.8. The number of carbonyl (C=O) groups is 1. The summed E-state index contributed by atoms with van der Waals surface area (Å²) in [5.74, 6) is -4.05. The molecule has 4 aliphatic rings. The van der Waals surface area contributed by atoms with Gasteiger partial charge in [-0.2, -0.15) is 0 Å². The number of rotatable bonds is 13. The maximum Gasteiger partial charge on any atom is 0.330 e. The highest BCUT2D eigenvalue weighted by Crippen LogP contribution is 2.47. The quantitative estimate of drug-likeness (QED) is 0.0344. The Morgan fingerprint density at radius 2 is 1.21 bits per heavy atom. The first-order valence-electron chi connectivity index (χ1n) is 20.2. The number of esters is 1. The number of aliphatic hydroxyl groups is 11. The van der Waals surface area contributed by atoms with Gasteiger partial charge >= 0.3 is 5.97 Å². The van der Waals surface area contributed by atoms with E-state index < -0.39 is 153 Å². The summed E-state index contributed by atoms with van der Waals surface area (Å²) in [5.41, 5.74) is 0.374. The number of phenolic OH excluding ortho intramolecular Hbond substituents is 5. The Bertz CT molecular complexity index is 2250. The molecule has 360 valence electrons. The summed E-state index contributed by atoms with van der Waals surface area (Å²) in [7, 11) is 0. The van der Waals surface area contributed by atoms with Gasteiger partial charge in [0.15, 0.2) is 41.2 Å². The molecule has 0 aliphatic carbocycles. The van der Waals surface area contributed by atoms with Crippen LogP contribution in [0.3, 0.4) is 0 Å². The molecule has 0 aromatic heterocycles. The summed E-state index contributed by atoms with van der Waals surface area (Å²) in [6.45, 7) is -2.44. The van der Waals surface area contributed by atoms with Crippen LogP contribution in [0.2, 0.25) is 0 Å². The molecule has 0 bridgehead atoms. The van der Waals surface area contributed by atoms with Crippen molar-refractivity contribution >= 4 is 18.1 Å². The van der Waals surface area contributed by atoms with Crippen molar-refractivity contribution < 1.29 is 119 Å². The second-order valence-electron chi connectivity index (χ2n) is 15.7. The molecule has 4 aliphatic heterocycles. The number of carbonyl (C=O) groups excluding carboxylic acids is 1. The monoisotopic (exact) mass is 937 g/mol. The van der Waals surface area contributed by atoms with Gasteiger partial charge in [0.2, 0.25) is 12.6 Å². The Kier molecular flexibility index (Phi) is 14.8. The van der Waals surface area contributed by atoms with E-state index in [4.69, 9.17) is 33.2 Å². The van der Waals surface area contributed by atoms with Crippen molar-refractivity contribution in [2.45, 2.75) is 98.2 Å². The summed E-state index contributed by atoms with van der Waals surface area (Å²) in [5, 5.41) is 156. The Morgan fingerprint density at radius 1 is 0.621 bits per heavy atom. The third-order valence-corrected chi connectivity index (χ3v) is 11.2. The number of ether oxygens (including phenoxy) is 8. The normalized spacial score (nSPS) is 34.5. The number of fused-ring (bicyclic) bond motifs is 1. The Hall–Kier alpha value is -5.55. The van der Waals surface area contributed by atoms with Crippen molar-refractivity contribution in [2.75, 3.05) is 19.8 Å². The molecule has 0 saturated carbocycles. The number of phenols is 5. The first kappa shape index (κ1) is 48.4. The molecule has 3 aromatic carbocycles. The average Bonchev–Trinajstić information content (AvgIpc) is 3.29. The van der Waals surface area contributed by atoms with Crippen LogP contribution >= 0.6 is 0 Å². The van der Waals surface area contributed by atoms with Gasteiger partial charge in [0.1, 0.15) is 90.8 Å². The second kappa shape index (κ2) is 20.1. The van der Waals surface area contributed by atoms with E-state index in [0.717, 1.165) is 30.3 Å². The zero-order valence-electron chi connectivity index (χ0n) is 34.1. The molecule has 16 N–H and O–H groups in total. The van der Waals surface area contributed by atoms with Gasteiger partial charge in [-0.25, -0.2) is 4.79 Å². The van der Waals surface area contributed by atoms with E-state index in [9.17, 15) is 81.4 Å². The molecule has 1 unspecified atom stereocenters. The third-order valence-electron chi connectivity index (χ3n) is 11.2. The number of hydrogen-bond donors (Lipinski definition) is 15. The van der Waals surface area contributed by atoms with E-state index in [1.807, 2.05) is 0 Å². The van der Waals surface area contributed by atoms with Gasteiger partial charge in [-0.3, -0.25) is 0 Å². The van der Waals surface area contributed by atoms with Gasteiger partial charge in [0, 0.05) is 18.2 Å². The minimum Gasteiger partial charge on any atom is -0.571 e. The van der Waals surface area contributed by atoms with E-state index in [2.05, 4.69) is 4.74 Å². The first-order valence-corrected chi connectivity index (χ1v) is 20.2. The van der Waals surface area contributed by atoms with Crippen molar-refractivity contribution in [2.24, 2.45) is 0 Å². The molecule has 66 heavy (non-hydrogen) atoms. The molecule has 24 nitrogen and oxygen atoms in total. The molecule has 24 heteroatoms. The molecule has 0 amide bonds. The molecule has 3 fully saturated rings. The summed E-state index contributed by atoms with van der Waals surface area (Å²) < 4.78 is 45.1. The molecule has 3 aromatic rings. The number of benzene rings is 3. The lowest BCUT2D eigenvalue weighted by atomic mass is 9.97. The molecule has 3 saturated heterocycles. The van der Waals surface area contributed by atoms with Crippen LogP contribution in [-0.2, 0) is 33.2 Å². The highest BCUT2D eigenvalue weighted by molar-refractivity contribution is 5.87. The predicted octanol–water partition coefficient (Wildman–Crippen LogP) is -3.36. The van der Waals surface area contributed by atoms with E-state index in [1.54, 1.807) is 0 Å². The SMILES string of the molecule is O=C(/C=C/c1ccc(O)c(O)c1)OC[C@H]1O[C@@H](OC2=Cc3c(O[C@@H]4O[C@@H](CO)[C@@H](O)[C@H](O)[C@H]4O)cc(O)cc3[OH+]C2c2ccc(O)c(O)c2)[C@H](O[C@@H]2O[C@H](CO)[C@@H](O)[C@H](O)[C@H]2O)[C@H](O)[C@@H]1O. The Morgan fingerprint density at radius 3 is 1.85 bits per heavy atom. The molecular formula is C42H49O24+. The van der Waals surface area contributed by atoms with Crippen molar-refractivity contribution in [1.29, 1.82) is 0 Å². The fourth-order valence-electron chi connectivity index (χ4n) is 7.48. The second-order valence-corrected chi connectivity index (χ2v) is 15.7. The minimum absolute atomic E-state index is 0.0268. The fourth-order valence-corrected chi connectivity index (χ4v) is 7.48. The zero-order chi connectivity index (χ0) is 47.7. The van der Waals surface area contributed by atoms with Crippen LogP contribution in [0.25, 0.3) is 12.2 Å². The van der Waals surface area contributed by atoms with Crippen molar-refractivity contribution in [1.82, 2.24) is 0 Å². The van der Waals surface area contributed by atoms with Crippen LogP contribution in [0.4, 0.5) is 0 Å². The largest absolute Gasteiger partial charge is 0.571 e. The van der Waals surface area contributed by atoms with Gasteiger partial charge < -0.3 is 114 Å². The molecule has 0 spiro atoms. The fraction of sp³-hybridized carbons (Fsp3) is 0.452. The zero-order valence-corrected chi connectivity index (χ0v) is 34.1. The van der Waals surface area contributed by atoms with Crippen LogP contribution in [0.5, 0.6) is 40.2 Å². The summed E-state index contributed by atoms with van der Waals surface area (Å²) in [6.07, 6.45) is -25.4. The highest BCUT2D eigenvalue weighted by Gasteiger charge is 2.53. The Balaban J connectivity index is 1.24. The van der Waals surface area contributed by atoms with Crippen LogP contribution in [0.1, 0.15) is 22.8 Å². The Labute approximate surface area is 372 Å². The van der Waals surface area contributed by atoms with Crippen LogP contribution in [0, 0.1) is 0 Å². The van der Waals surface area contributed by atoms with Gasteiger partial charge in [-0.05, 0) is 42.0 Å². The molecular weight excluding hydrogens is 888 g/mol. The minimum atomic E-state index is -2.08. The summed E-state index contributed by atoms with van der Waals surface area (Å²) >= 11 is 0. The van der Waals surface area contributed by atoms with Crippen LogP contribution in [0.15, 0.2) is 60.4 Å². The van der Waals surface area contributed by atoms with Crippen molar-refractivity contribution in [3.05, 3.63) is 77.1 Å². The lowest BCUT2D eigenvalue weighted by Gasteiger charge is -2.46. The van der Waals surface area contributed by atoms with Crippen molar-refractivity contribution in [3.63, 3.8) is 0 Å². The van der Waals surface area contributed by atoms with Gasteiger partial charge in [0.25, 0.3) is 11.9 Å². The van der Waals surface area contributed by atoms with E-state index in [-0.39, 0.29) is 33.9 Å². The van der Waals surface area contributed by atoms with Gasteiger partial charge in [-0.1, -0.05) is 6.07 Å². The lowest BCUT2D eigenvalue weighted by molar-refractivity contribution is -0.364. The van der Waals surface area contributed by atoms with Crippen molar-refractivity contribution in [3.8, 4) is 40.2 Å². The molecule has 0 radical (unpaired) electrons. The highest BCUT2D eigenvalue weighted by atomic mass is 16.8. The molecule has 16 atom stereocenters. The van der Waals surface area contributed by atoms with Crippen LogP contribution < -0.4 is 4.74 Å². The molecule has 7 rings (SSSR count).